The Labute approximate surface area is 115 Å². The predicted molar refractivity (Wildman–Crippen MR) is 76.9 cm³/mol. The molecule has 1 aromatic rings. The highest BCUT2D eigenvalue weighted by Crippen LogP contribution is 2.47. The minimum absolute atomic E-state index is 0.315. The summed E-state index contributed by atoms with van der Waals surface area (Å²) in [5.41, 5.74) is 1.54. The van der Waals surface area contributed by atoms with Crippen LogP contribution in [0.15, 0.2) is 18.5 Å². The van der Waals surface area contributed by atoms with Crippen molar-refractivity contribution in [3.05, 3.63) is 29.0 Å². The maximum atomic E-state index is 6.24. The Balaban J connectivity index is 2.08. The van der Waals surface area contributed by atoms with Crippen molar-refractivity contribution in [1.82, 2.24) is 10.3 Å². The number of nitrogens with one attached hydrogen (secondary N) is 1. The number of aromatic nitrogens is 1. The topological polar surface area (TPSA) is 24.9 Å². The van der Waals surface area contributed by atoms with Gasteiger partial charge in [0.25, 0.3) is 0 Å². The zero-order chi connectivity index (χ0) is 13.2. The summed E-state index contributed by atoms with van der Waals surface area (Å²) in [7, 11) is 0. The lowest BCUT2D eigenvalue weighted by molar-refractivity contribution is 0.248. The van der Waals surface area contributed by atoms with Gasteiger partial charge in [-0.1, -0.05) is 32.4 Å². The standard InChI is InChI=1S/C15H23ClN2/c1-11(2)18-10-15(3,13-4-5-13)8-12-6-7-17-9-14(12)16/h6-7,9,11,13,18H,4-5,8,10H2,1-3H3. The van der Waals surface area contributed by atoms with Crippen LogP contribution in [-0.2, 0) is 6.42 Å². The van der Waals surface area contributed by atoms with Crippen LogP contribution >= 0.6 is 11.6 Å². The molecular weight excluding hydrogens is 244 g/mol. The molecule has 1 aliphatic carbocycles. The lowest BCUT2D eigenvalue weighted by Gasteiger charge is -2.31. The van der Waals surface area contributed by atoms with E-state index in [4.69, 9.17) is 11.6 Å². The lowest BCUT2D eigenvalue weighted by Crippen LogP contribution is -2.38. The SMILES string of the molecule is CC(C)NCC(C)(Cc1ccncc1Cl)C1CC1. The van der Waals surface area contributed by atoms with Crippen molar-refractivity contribution in [2.45, 2.75) is 46.1 Å². The summed E-state index contributed by atoms with van der Waals surface area (Å²) in [4.78, 5) is 4.06. The molecule has 0 bridgehead atoms. The molecule has 100 valence electrons. The molecule has 0 aromatic carbocycles. The van der Waals surface area contributed by atoms with Gasteiger partial charge in [-0.25, -0.2) is 0 Å². The normalized spacial score (nSPS) is 18.9. The summed E-state index contributed by atoms with van der Waals surface area (Å²) in [6.07, 6.45) is 7.35. The van der Waals surface area contributed by atoms with E-state index in [2.05, 4.69) is 37.1 Å². The molecule has 1 atom stereocenters. The summed E-state index contributed by atoms with van der Waals surface area (Å²) >= 11 is 6.24. The molecule has 18 heavy (non-hydrogen) atoms. The van der Waals surface area contributed by atoms with Crippen LogP contribution in [0.3, 0.4) is 0 Å². The fourth-order valence-corrected chi connectivity index (χ4v) is 2.74. The van der Waals surface area contributed by atoms with Gasteiger partial charge in [-0.05, 0) is 42.2 Å². The third-order valence-electron chi connectivity index (χ3n) is 3.93. The smallest absolute Gasteiger partial charge is 0.0621 e. The molecule has 1 saturated carbocycles. The van der Waals surface area contributed by atoms with Gasteiger partial charge in [0.1, 0.15) is 0 Å². The number of hydrogen-bond donors (Lipinski definition) is 1. The molecular formula is C15H23ClN2. The average Bonchev–Trinajstić information content (AvgIpc) is 3.14. The van der Waals surface area contributed by atoms with Gasteiger partial charge >= 0.3 is 0 Å². The molecule has 1 aromatic heterocycles. The molecule has 1 aliphatic rings. The van der Waals surface area contributed by atoms with E-state index in [1.165, 1.54) is 18.4 Å². The fourth-order valence-electron chi connectivity index (χ4n) is 2.55. The molecule has 0 amide bonds. The van der Waals surface area contributed by atoms with Crippen LogP contribution in [0.5, 0.6) is 0 Å². The largest absolute Gasteiger partial charge is 0.314 e. The molecule has 1 fully saturated rings. The Morgan fingerprint density at radius 1 is 1.50 bits per heavy atom. The van der Waals surface area contributed by atoms with Crippen LogP contribution in [0.2, 0.25) is 5.02 Å². The van der Waals surface area contributed by atoms with Crippen LogP contribution in [-0.4, -0.2) is 17.6 Å². The van der Waals surface area contributed by atoms with Crippen LogP contribution < -0.4 is 5.32 Å². The fraction of sp³-hybridized carbons (Fsp3) is 0.667. The van der Waals surface area contributed by atoms with Crippen LogP contribution in [0.25, 0.3) is 0 Å². The van der Waals surface area contributed by atoms with E-state index < -0.39 is 0 Å². The first-order valence-corrected chi connectivity index (χ1v) is 7.21. The molecule has 0 aliphatic heterocycles. The minimum atomic E-state index is 0.315. The molecule has 2 nitrogen and oxygen atoms in total. The van der Waals surface area contributed by atoms with Crippen molar-refractivity contribution in [3.8, 4) is 0 Å². The van der Waals surface area contributed by atoms with Crippen molar-refractivity contribution < 1.29 is 0 Å². The van der Waals surface area contributed by atoms with E-state index in [1.807, 2.05) is 6.20 Å². The molecule has 2 rings (SSSR count). The highest BCUT2D eigenvalue weighted by atomic mass is 35.5. The van der Waals surface area contributed by atoms with Crippen molar-refractivity contribution in [2.24, 2.45) is 11.3 Å². The number of pyridine rings is 1. The van der Waals surface area contributed by atoms with Gasteiger partial charge in [-0.15, -0.1) is 0 Å². The van der Waals surface area contributed by atoms with Crippen LogP contribution in [0.1, 0.15) is 39.2 Å². The first kappa shape index (κ1) is 13.8. The van der Waals surface area contributed by atoms with Crippen molar-refractivity contribution in [1.29, 1.82) is 0 Å². The quantitative estimate of drug-likeness (QED) is 0.849. The summed E-state index contributed by atoms with van der Waals surface area (Å²) in [6.45, 7) is 7.85. The second-order valence-corrected chi connectivity index (χ2v) is 6.51. The van der Waals surface area contributed by atoms with E-state index in [1.54, 1.807) is 6.20 Å². The number of hydrogen-bond acceptors (Lipinski definition) is 2. The highest BCUT2D eigenvalue weighted by molar-refractivity contribution is 6.31. The van der Waals surface area contributed by atoms with E-state index in [0.717, 1.165) is 23.9 Å². The monoisotopic (exact) mass is 266 g/mol. The third kappa shape index (κ3) is 3.46. The summed E-state index contributed by atoms with van der Waals surface area (Å²) in [5.74, 6) is 0.841. The lowest BCUT2D eigenvalue weighted by atomic mass is 9.79. The molecule has 1 heterocycles. The molecule has 1 N–H and O–H groups in total. The maximum absolute atomic E-state index is 6.24. The summed E-state index contributed by atoms with van der Waals surface area (Å²) < 4.78 is 0. The van der Waals surface area contributed by atoms with Crippen LogP contribution in [0, 0.1) is 11.3 Å². The Kier molecular flexibility index (Phi) is 4.29. The van der Waals surface area contributed by atoms with Crippen LogP contribution in [0.4, 0.5) is 0 Å². The Hall–Kier alpha value is -0.600. The van der Waals surface area contributed by atoms with Gasteiger partial charge in [-0.3, -0.25) is 4.98 Å². The summed E-state index contributed by atoms with van der Waals surface area (Å²) in [5, 5.41) is 4.39. The zero-order valence-electron chi connectivity index (χ0n) is 11.5. The molecule has 0 radical (unpaired) electrons. The van der Waals surface area contributed by atoms with E-state index in [9.17, 15) is 0 Å². The van der Waals surface area contributed by atoms with Gasteiger partial charge in [-0.2, -0.15) is 0 Å². The van der Waals surface area contributed by atoms with Crippen molar-refractivity contribution >= 4 is 11.6 Å². The molecule has 3 heteroatoms. The minimum Gasteiger partial charge on any atom is -0.314 e. The van der Waals surface area contributed by atoms with Gasteiger partial charge < -0.3 is 5.32 Å². The molecule has 0 spiro atoms. The van der Waals surface area contributed by atoms with E-state index >= 15 is 0 Å². The van der Waals surface area contributed by atoms with Crippen molar-refractivity contribution in [2.75, 3.05) is 6.54 Å². The van der Waals surface area contributed by atoms with Gasteiger partial charge in [0.15, 0.2) is 0 Å². The predicted octanol–water partition coefficient (Wildman–Crippen LogP) is 3.69. The average molecular weight is 267 g/mol. The Bertz CT molecular complexity index is 401. The van der Waals surface area contributed by atoms with Crippen molar-refractivity contribution in [3.63, 3.8) is 0 Å². The highest BCUT2D eigenvalue weighted by Gasteiger charge is 2.41. The molecule has 1 unspecified atom stereocenters. The number of rotatable bonds is 6. The number of nitrogens with zero attached hydrogens (tertiary/aromatic N) is 1. The summed E-state index contributed by atoms with van der Waals surface area (Å²) in [6, 6.07) is 2.59. The Morgan fingerprint density at radius 2 is 2.22 bits per heavy atom. The van der Waals surface area contributed by atoms with E-state index in [0.29, 0.717) is 11.5 Å². The maximum Gasteiger partial charge on any atom is 0.0621 e. The van der Waals surface area contributed by atoms with Gasteiger partial charge in [0.05, 0.1) is 5.02 Å². The number of halogens is 1. The Morgan fingerprint density at radius 3 is 2.78 bits per heavy atom. The van der Waals surface area contributed by atoms with Gasteiger partial charge in [0.2, 0.25) is 0 Å². The first-order valence-electron chi connectivity index (χ1n) is 6.83. The zero-order valence-corrected chi connectivity index (χ0v) is 12.3. The van der Waals surface area contributed by atoms with Gasteiger partial charge in [0, 0.05) is 25.0 Å². The second-order valence-electron chi connectivity index (χ2n) is 6.11. The second kappa shape index (κ2) is 5.58. The van der Waals surface area contributed by atoms with E-state index in [-0.39, 0.29) is 0 Å². The molecule has 0 saturated heterocycles. The third-order valence-corrected chi connectivity index (χ3v) is 4.27. The first-order chi connectivity index (χ1) is 8.51.